The number of rotatable bonds is 8. The number of benzene rings is 3. The lowest BCUT2D eigenvalue weighted by Crippen LogP contribution is -2.20. The van der Waals surface area contributed by atoms with Crippen LogP contribution in [-0.2, 0) is 14.3 Å². The van der Waals surface area contributed by atoms with Gasteiger partial charge in [0, 0.05) is 11.6 Å². The van der Waals surface area contributed by atoms with Crippen LogP contribution in [0.1, 0.15) is 5.56 Å². The molecule has 0 aromatic heterocycles. The number of anilines is 1. The Morgan fingerprint density at radius 3 is 2.30 bits per heavy atom. The highest BCUT2D eigenvalue weighted by Gasteiger charge is 2.10. The van der Waals surface area contributed by atoms with Gasteiger partial charge in [0.1, 0.15) is 11.5 Å². The molecule has 0 aliphatic heterocycles. The van der Waals surface area contributed by atoms with Gasteiger partial charge in [-0.3, -0.25) is 4.79 Å². The number of carbonyl (C=O) groups excluding carboxylic acids is 2. The van der Waals surface area contributed by atoms with Crippen molar-refractivity contribution in [2.75, 3.05) is 19.0 Å². The molecule has 0 saturated carbocycles. The van der Waals surface area contributed by atoms with Gasteiger partial charge in [0.15, 0.2) is 12.4 Å². The monoisotopic (exact) mass is 403 g/mol. The second-order valence-corrected chi connectivity index (χ2v) is 6.14. The lowest BCUT2D eigenvalue weighted by molar-refractivity contribution is -0.142. The Kier molecular flexibility index (Phi) is 7.22. The first-order chi connectivity index (χ1) is 14.7. The summed E-state index contributed by atoms with van der Waals surface area (Å²) in [5.74, 6) is 0.656. The molecule has 0 spiro atoms. The van der Waals surface area contributed by atoms with Crippen LogP contribution in [0.5, 0.6) is 17.2 Å². The van der Waals surface area contributed by atoms with Gasteiger partial charge in [-0.15, -0.1) is 0 Å². The molecule has 1 N–H and O–H groups in total. The van der Waals surface area contributed by atoms with Crippen LogP contribution in [0, 0.1) is 0 Å². The van der Waals surface area contributed by atoms with E-state index in [0.29, 0.717) is 22.9 Å². The van der Waals surface area contributed by atoms with Gasteiger partial charge in [0.05, 0.1) is 12.8 Å². The van der Waals surface area contributed by atoms with Crippen LogP contribution in [0.3, 0.4) is 0 Å². The summed E-state index contributed by atoms with van der Waals surface area (Å²) in [4.78, 5) is 24.1. The SMILES string of the molecule is COc1ccccc1/C=C/C(=O)OCC(=O)Nc1ccccc1Oc1ccccc1. The highest BCUT2D eigenvalue weighted by Crippen LogP contribution is 2.29. The summed E-state index contributed by atoms with van der Waals surface area (Å²) >= 11 is 0. The fourth-order valence-electron chi connectivity index (χ4n) is 2.61. The summed E-state index contributed by atoms with van der Waals surface area (Å²) in [5, 5.41) is 2.69. The van der Waals surface area contributed by atoms with Crippen molar-refractivity contribution in [1.82, 2.24) is 0 Å². The van der Waals surface area contributed by atoms with E-state index < -0.39 is 18.5 Å². The number of esters is 1. The quantitative estimate of drug-likeness (QED) is 0.437. The number of methoxy groups -OCH3 is 1. The van der Waals surface area contributed by atoms with Gasteiger partial charge in [0.2, 0.25) is 0 Å². The predicted molar refractivity (Wildman–Crippen MR) is 115 cm³/mol. The number of nitrogens with one attached hydrogen (secondary N) is 1. The van der Waals surface area contributed by atoms with Crippen molar-refractivity contribution in [2.24, 2.45) is 0 Å². The van der Waals surface area contributed by atoms with E-state index in [9.17, 15) is 9.59 Å². The number of hydrogen-bond donors (Lipinski definition) is 1. The Labute approximate surface area is 174 Å². The Morgan fingerprint density at radius 2 is 1.53 bits per heavy atom. The zero-order valence-corrected chi connectivity index (χ0v) is 16.4. The molecule has 0 unspecified atom stereocenters. The molecule has 0 saturated heterocycles. The Hall–Kier alpha value is -4.06. The topological polar surface area (TPSA) is 73.9 Å². The number of para-hydroxylation sites is 4. The van der Waals surface area contributed by atoms with Crippen molar-refractivity contribution in [3.63, 3.8) is 0 Å². The molecule has 6 nitrogen and oxygen atoms in total. The lowest BCUT2D eigenvalue weighted by Gasteiger charge is -2.12. The molecule has 3 aromatic carbocycles. The average molecular weight is 403 g/mol. The third-order valence-corrected chi connectivity index (χ3v) is 4.02. The maximum absolute atomic E-state index is 12.2. The first-order valence-corrected chi connectivity index (χ1v) is 9.25. The molecule has 0 radical (unpaired) electrons. The molecule has 0 fully saturated rings. The maximum atomic E-state index is 12.2. The van der Waals surface area contributed by atoms with Crippen LogP contribution in [0.4, 0.5) is 5.69 Å². The van der Waals surface area contributed by atoms with Gasteiger partial charge < -0.3 is 19.5 Å². The minimum Gasteiger partial charge on any atom is -0.496 e. The highest BCUT2D eigenvalue weighted by molar-refractivity contribution is 5.95. The standard InChI is InChI=1S/C24H21NO5/c1-28-21-13-7-5-9-18(21)15-16-24(27)29-17-23(26)25-20-12-6-8-14-22(20)30-19-10-3-2-4-11-19/h2-16H,17H2,1H3,(H,25,26)/b16-15+. The minimum atomic E-state index is -0.634. The van der Waals surface area contributed by atoms with Gasteiger partial charge >= 0.3 is 5.97 Å². The Balaban J connectivity index is 1.55. The molecule has 0 heterocycles. The largest absolute Gasteiger partial charge is 0.496 e. The Bertz CT molecular complexity index is 1030. The molecule has 3 rings (SSSR count). The van der Waals surface area contributed by atoms with Crippen molar-refractivity contribution in [2.45, 2.75) is 0 Å². The smallest absolute Gasteiger partial charge is 0.331 e. The lowest BCUT2D eigenvalue weighted by atomic mass is 10.2. The van der Waals surface area contributed by atoms with E-state index in [1.807, 2.05) is 42.5 Å². The third-order valence-electron chi connectivity index (χ3n) is 4.02. The van der Waals surface area contributed by atoms with Crippen molar-refractivity contribution < 1.29 is 23.8 Å². The Morgan fingerprint density at radius 1 is 0.867 bits per heavy atom. The number of ether oxygens (including phenoxy) is 3. The van der Waals surface area contributed by atoms with Gasteiger partial charge in [-0.2, -0.15) is 0 Å². The van der Waals surface area contributed by atoms with Gasteiger partial charge in [-0.1, -0.05) is 48.5 Å². The number of carbonyl (C=O) groups is 2. The maximum Gasteiger partial charge on any atom is 0.331 e. The van der Waals surface area contributed by atoms with Crippen LogP contribution in [0.25, 0.3) is 6.08 Å². The first kappa shape index (κ1) is 20.7. The summed E-state index contributed by atoms with van der Waals surface area (Å²) in [7, 11) is 1.55. The van der Waals surface area contributed by atoms with E-state index in [4.69, 9.17) is 14.2 Å². The first-order valence-electron chi connectivity index (χ1n) is 9.25. The third kappa shape index (κ3) is 5.97. The van der Waals surface area contributed by atoms with Crippen LogP contribution >= 0.6 is 0 Å². The highest BCUT2D eigenvalue weighted by atomic mass is 16.5. The molecule has 30 heavy (non-hydrogen) atoms. The molecule has 0 bridgehead atoms. The summed E-state index contributed by atoms with van der Waals surface area (Å²) in [6.07, 6.45) is 2.82. The summed E-state index contributed by atoms with van der Waals surface area (Å²) in [6.45, 7) is -0.422. The number of amides is 1. The summed E-state index contributed by atoms with van der Waals surface area (Å²) < 4.78 is 16.0. The molecule has 0 atom stereocenters. The molecular weight excluding hydrogens is 382 g/mol. The van der Waals surface area contributed by atoms with Gasteiger partial charge in [-0.25, -0.2) is 4.79 Å². The molecule has 152 valence electrons. The van der Waals surface area contributed by atoms with E-state index in [2.05, 4.69) is 5.32 Å². The van der Waals surface area contributed by atoms with Crippen molar-refractivity contribution in [3.8, 4) is 17.2 Å². The van der Waals surface area contributed by atoms with Crippen molar-refractivity contribution in [1.29, 1.82) is 0 Å². The van der Waals surface area contributed by atoms with Crippen molar-refractivity contribution in [3.05, 3.63) is 90.5 Å². The molecule has 0 aliphatic rings. The van der Waals surface area contributed by atoms with Crippen LogP contribution in [-0.4, -0.2) is 25.6 Å². The van der Waals surface area contributed by atoms with E-state index in [-0.39, 0.29) is 0 Å². The van der Waals surface area contributed by atoms with E-state index in [1.54, 1.807) is 49.6 Å². The van der Waals surface area contributed by atoms with Crippen molar-refractivity contribution >= 4 is 23.6 Å². The van der Waals surface area contributed by atoms with Gasteiger partial charge in [-0.05, 0) is 36.4 Å². The second kappa shape index (κ2) is 10.5. The number of hydrogen-bond acceptors (Lipinski definition) is 5. The van der Waals surface area contributed by atoms with Crippen LogP contribution in [0.15, 0.2) is 84.9 Å². The molecule has 6 heteroatoms. The normalized spacial score (nSPS) is 10.4. The van der Waals surface area contributed by atoms with Crippen LogP contribution in [0.2, 0.25) is 0 Å². The van der Waals surface area contributed by atoms with Crippen LogP contribution < -0.4 is 14.8 Å². The average Bonchev–Trinajstić information content (AvgIpc) is 2.78. The summed E-state index contributed by atoms with van der Waals surface area (Å²) in [5.41, 5.74) is 1.21. The predicted octanol–water partition coefficient (Wildman–Crippen LogP) is 4.68. The molecule has 0 aliphatic carbocycles. The minimum absolute atomic E-state index is 0.422. The molecular formula is C24H21NO5. The fraction of sp³-hybridized carbons (Fsp3) is 0.0833. The van der Waals surface area contributed by atoms with E-state index in [0.717, 1.165) is 5.56 Å². The molecule has 3 aromatic rings. The zero-order valence-electron chi connectivity index (χ0n) is 16.4. The molecule has 1 amide bonds. The van der Waals surface area contributed by atoms with Gasteiger partial charge in [0.25, 0.3) is 5.91 Å². The van der Waals surface area contributed by atoms with E-state index in [1.165, 1.54) is 6.08 Å². The summed E-state index contributed by atoms with van der Waals surface area (Å²) in [6, 6.07) is 23.5. The fourth-order valence-corrected chi connectivity index (χ4v) is 2.61. The van der Waals surface area contributed by atoms with E-state index >= 15 is 0 Å². The zero-order chi connectivity index (χ0) is 21.2. The second-order valence-electron chi connectivity index (χ2n) is 6.14.